The van der Waals surface area contributed by atoms with Crippen molar-refractivity contribution in [3.05, 3.63) is 53.1 Å². The first kappa shape index (κ1) is 22.2. The Balaban J connectivity index is 2.29. The second-order valence-corrected chi connectivity index (χ2v) is 9.01. The van der Waals surface area contributed by atoms with Crippen LogP contribution in [0.2, 0.25) is 0 Å². The van der Waals surface area contributed by atoms with E-state index in [1.807, 2.05) is 43.3 Å². The van der Waals surface area contributed by atoms with E-state index in [0.717, 1.165) is 45.7 Å². The lowest BCUT2D eigenvalue weighted by molar-refractivity contribution is -0.142. The topological polar surface area (TPSA) is 55.8 Å². The summed E-state index contributed by atoms with van der Waals surface area (Å²) in [5.74, 6) is 1.60. The van der Waals surface area contributed by atoms with E-state index in [4.69, 9.17) is 9.47 Å². The second-order valence-electron chi connectivity index (χ2n) is 6.75. The predicted octanol–water partition coefficient (Wildman–Crippen LogP) is 4.71. The van der Waals surface area contributed by atoms with Gasteiger partial charge in [-0.05, 0) is 72.7 Å². The maximum Gasteiger partial charge on any atom is 0.302 e. The Morgan fingerprint density at radius 1 is 1.25 bits per heavy atom. The molecule has 28 heavy (non-hydrogen) atoms. The van der Waals surface area contributed by atoms with Crippen molar-refractivity contribution >= 4 is 21.8 Å². The normalized spacial score (nSPS) is 12.0. The summed E-state index contributed by atoms with van der Waals surface area (Å²) in [6.07, 6.45) is 3.24. The number of rotatable bonds is 9. The third-order valence-corrected chi connectivity index (χ3v) is 6.24. The van der Waals surface area contributed by atoms with E-state index in [0.29, 0.717) is 17.1 Å². The highest BCUT2D eigenvalue weighted by Gasteiger charge is 2.13. The zero-order chi connectivity index (χ0) is 20.5. The average Bonchev–Trinajstić information content (AvgIpc) is 2.69. The van der Waals surface area contributed by atoms with E-state index in [1.165, 1.54) is 6.92 Å². The van der Waals surface area contributed by atoms with Gasteiger partial charge < -0.3 is 14.6 Å². The number of carbonyl (C=O) groups excluding carboxylic acids is 1. The van der Waals surface area contributed by atoms with Gasteiger partial charge in [0.1, 0.15) is 12.4 Å². The number of esters is 1. The van der Waals surface area contributed by atoms with E-state index in [-0.39, 0.29) is 19.2 Å². The molecule has 0 aromatic heterocycles. The van der Waals surface area contributed by atoms with Crippen LogP contribution in [0.25, 0.3) is 11.1 Å². The number of hydrogen-bond acceptors (Lipinski definition) is 4. The first-order chi connectivity index (χ1) is 13.4. The molecule has 0 aliphatic heterocycles. The highest BCUT2D eigenvalue weighted by atomic mass is 32.2. The van der Waals surface area contributed by atoms with Crippen molar-refractivity contribution in [1.82, 2.24) is 0 Å². The zero-order valence-corrected chi connectivity index (χ0v) is 18.0. The standard InChI is InChI=1S/C23H30O4S/c1-5-28(4)11-7-10-26-22-12-17(2)23(21(14-22)16-27-18(3)25)20-9-6-8-19(13-20)15-24/h5-6,8-9,12-14,24H,7,10-11,15-16H2,1-4H3. The van der Waals surface area contributed by atoms with E-state index in [9.17, 15) is 9.90 Å². The van der Waals surface area contributed by atoms with Gasteiger partial charge in [0.15, 0.2) is 0 Å². The first-order valence-electron chi connectivity index (χ1n) is 9.45. The van der Waals surface area contributed by atoms with Gasteiger partial charge in [-0.3, -0.25) is 4.79 Å². The summed E-state index contributed by atoms with van der Waals surface area (Å²) in [5, 5.41) is 11.7. The number of hydrogen-bond donors (Lipinski definition) is 1. The van der Waals surface area contributed by atoms with Crippen molar-refractivity contribution in [2.45, 2.75) is 40.4 Å². The molecule has 0 bridgehead atoms. The summed E-state index contributed by atoms with van der Waals surface area (Å²) in [4.78, 5) is 11.3. The van der Waals surface area contributed by atoms with Gasteiger partial charge in [-0.1, -0.05) is 23.6 Å². The van der Waals surface area contributed by atoms with E-state index >= 15 is 0 Å². The van der Waals surface area contributed by atoms with E-state index < -0.39 is 0 Å². The van der Waals surface area contributed by atoms with Gasteiger partial charge in [0.05, 0.1) is 13.2 Å². The first-order valence-corrected chi connectivity index (χ1v) is 11.3. The molecule has 0 aliphatic carbocycles. The molecule has 0 saturated carbocycles. The fourth-order valence-electron chi connectivity index (χ4n) is 3.03. The Morgan fingerprint density at radius 2 is 2.04 bits per heavy atom. The number of aliphatic hydroxyl groups excluding tert-OH is 1. The minimum Gasteiger partial charge on any atom is -0.494 e. The zero-order valence-electron chi connectivity index (χ0n) is 17.2. The molecule has 0 spiro atoms. The largest absolute Gasteiger partial charge is 0.494 e. The SMILES string of the molecule is C/C=S(\C)CCCOc1cc(C)c(-c2cccc(CO)c2)c(COC(C)=O)c1. The molecule has 4 nitrogen and oxygen atoms in total. The molecule has 2 aromatic rings. The van der Waals surface area contributed by atoms with Crippen LogP contribution in [0, 0.1) is 6.92 Å². The maximum absolute atomic E-state index is 11.3. The van der Waals surface area contributed by atoms with Crippen LogP contribution in [-0.4, -0.2) is 35.1 Å². The van der Waals surface area contributed by atoms with Crippen molar-refractivity contribution in [2.75, 3.05) is 18.6 Å². The fourth-order valence-corrected chi connectivity index (χ4v) is 3.84. The Bertz CT molecular complexity index is 842. The highest BCUT2D eigenvalue weighted by Crippen LogP contribution is 2.33. The predicted molar refractivity (Wildman–Crippen MR) is 118 cm³/mol. The molecule has 0 aliphatic rings. The number of benzene rings is 2. The minimum atomic E-state index is -0.315. The Hall–Kier alpha value is -2.11. The molecule has 152 valence electrons. The summed E-state index contributed by atoms with van der Waals surface area (Å²) in [6.45, 7) is 6.37. The van der Waals surface area contributed by atoms with Gasteiger partial charge >= 0.3 is 5.97 Å². The highest BCUT2D eigenvalue weighted by molar-refractivity contribution is 8.14. The molecular formula is C23H30O4S. The van der Waals surface area contributed by atoms with E-state index in [1.54, 1.807) is 0 Å². The molecule has 0 saturated heterocycles. The molecule has 2 rings (SSSR count). The monoisotopic (exact) mass is 402 g/mol. The van der Waals surface area contributed by atoms with Gasteiger partial charge in [0.25, 0.3) is 0 Å². The summed E-state index contributed by atoms with van der Waals surface area (Å²) >= 11 is 0. The van der Waals surface area contributed by atoms with Gasteiger partial charge in [0, 0.05) is 12.5 Å². The van der Waals surface area contributed by atoms with Gasteiger partial charge in [-0.15, -0.1) is 0 Å². The molecule has 5 heteroatoms. The lowest BCUT2D eigenvalue weighted by Crippen LogP contribution is -2.04. The molecule has 1 atom stereocenters. The second kappa shape index (κ2) is 11.0. The van der Waals surface area contributed by atoms with Crippen LogP contribution in [0.3, 0.4) is 0 Å². The lowest BCUT2D eigenvalue weighted by atomic mass is 9.94. The smallest absolute Gasteiger partial charge is 0.302 e. The van der Waals surface area contributed by atoms with Crippen molar-refractivity contribution in [1.29, 1.82) is 0 Å². The number of carbonyl (C=O) groups is 1. The van der Waals surface area contributed by atoms with E-state index in [2.05, 4.69) is 18.5 Å². The lowest BCUT2D eigenvalue weighted by Gasteiger charge is -2.17. The molecule has 1 N–H and O–H groups in total. The molecule has 1 unspecified atom stereocenters. The fraction of sp³-hybridized carbons (Fsp3) is 0.391. The molecule has 2 aromatic carbocycles. The van der Waals surface area contributed by atoms with Crippen LogP contribution in [0.1, 0.15) is 37.0 Å². The Labute approximate surface area is 170 Å². The average molecular weight is 403 g/mol. The van der Waals surface area contributed by atoms with Crippen molar-refractivity contribution in [2.24, 2.45) is 0 Å². The van der Waals surface area contributed by atoms with Crippen LogP contribution in [0.5, 0.6) is 5.75 Å². The van der Waals surface area contributed by atoms with Crippen molar-refractivity contribution in [3.63, 3.8) is 0 Å². The molecular weight excluding hydrogens is 372 g/mol. The Kier molecular flexibility index (Phi) is 8.74. The van der Waals surface area contributed by atoms with Crippen molar-refractivity contribution in [3.8, 4) is 16.9 Å². The van der Waals surface area contributed by atoms with Gasteiger partial charge in [0.2, 0.25) is 0 Å². The van der Waals surface area contributed by atoms with Crippen LogP contribution >= 0.6 is 10.5 Å². The van der Waals surface area contributed by atoms with Gasteiger partial charge in [-0.25, -0.2) is 0 Å². The molecule has 0 amide bonds. The van der Waals surface area contributed by atoms with Crippen molar-refractivity contribution < 1.29 is 19.4 Å². The quantitative estimate of drug-likeness (QED) is 0.375. The third-order valence-electron chi connectivity index (χ3n) is 4.50. The summed E-state index contributed by atoms with van der Waals surface area (Å²) < 4.78 is 11.3. The summed E-state index contributed by atoms with van der Waals surface area (Å²) in [5.41, 5.74) is 4.80. The number of aryl methyl sites for hydroxylation is 1. The maximum atomic E-state index is 11.3. The molecule has 0 fully saturated rings. The van der Waals surface area contributed by atoms with Crippen LogP contribution in [-0.2, 0) is 22.7 Å². The summed E-state index contributed by atoms with van der Waals surface area (Å²) in [6, 6.07) is 11.8. The summed E-state index contributed by atoms with van der Waals surface area (Å²) in [7, 11) is 0.333. The number of ether oxygens (including phenoxy) is 2. The minimum absolute atomic E-state index is 0.0123. The third kappa shape index (κ3) is 6.50. The Morgan fingerprint density at radius 3 is 2.71 bits per heavy atom. The van der Waals surface area contributed by atoms with Gasteiger partial charge in [-0.2, -0.15) is 10.5 Å². The number of aliphatic hydroxyl groups is 1. The van der Waals surface area contributed by atoms with Crippen LogP contribution < -0.4 is 4.74 Å². The molecule has 0 radical (unpaired) electrons. The van der Waals surface area contributed by atoms with Crippen LogP contribution in [0.15, 0.2) is 36.4 Å². The van der Waals surface area contributed by atoms with Crippen LogP contribution in [0.4, 0.5) is 0 Å². The molecule has 0 heterocycles.